The minimum absolute atomic E-state index is 0.139. The zero-order valence-corrected chi connectivity index (χ0v) is 17.8. The third-order valence-electron chi connectivity index (χ3n) is 5.07. The van der Waals surface area contributed by atoms with Gasteiger partial charge in [-0.25, -0.2) is 4.79 Å². The van der Waals surface area contributed by atoms with Crippen molar-refractivity contribution in [3.05, 3.63) is 0 Å². The first kappa shape index (κ1) is 25.2. The summed E-state index contributed by atoms with van der Waals surface area (Å²) in [6.07, 6.45) is 22.4. The average Bonchev–Trinajstić information content (AvgIpc) is 2.64. The Bertz CT molecular complexity index is 297. The van der Waals surface area contributed by atoms with Gasteiger partial charge in [0.05, 0.1) is 6.17 Å². The average molecular weight is 370 g/mol. The molecule has 0 aromatic rings. The van der Waals surface area contributed by atoms with Crippen molar-refractivity contribution >= 4 is 6.03 Å². The summed E-state index contributed by atoms with van der Waals surface area (Å²) in [7, 11) is 0. The van der Waals surface area contributed by atoms with E-state index in [1.807, 2.05) is 6.92 Å². The highest BCUT2D eigenvalue weighted by Crippen LogP contribution is 2.13. The fraction of sp³-hybridized carbons (Fsp3) is 0.955. The molecule has 0 saturated heterocycles. The summed E-state index contributed by atoms with van der Waals surface area (Å²) in [5.41, 5.74) is 5.67. The van der Waals surface area contributed by atoms with Crippen LogP contribution in [0.3, 0.4) is 0 Å². The van der Waals surface area contributed by atoms with Crippen LogP contribution >= 0.6 is 0 Å². The summed E-state index contributed by atoms with van der Waals surface area (Å²) < 4.78 is 0. The van der Waals surface area contributed by atoms with Crippen LogP contribution in [0.1, 0.15) is 123 Å². The maximum atomic E-state index is 11.5. The number of rotatable bonds is 19. The van der Waals surface area contributed by atoms with Crippen molar-refractivity contribution in [1.82, 2.24) is 10.6 Å². The summed E-state index contributed by atoms with van der Waals surface area (Å²) in [4.78, 5) is 11.5. The van der Waals surface area contributed by atoms with Crippen LogP contribution in [0.4, 0.5) is 4.79 Å². The van der Waals surface area contributed by atoms with Crippen LogP contribution < -0.4 is 16.4 Å². The first-order valence-electron chi connectivity index (χ1n) is 11.5. The van der Waals surface area contributed by atoms with Gasteiger partial charge in [0, 0.05) is 6.54 Å². The molecule has 4 N–H and O–H groups in total. The Morgan fingerprint density at radius 2 is 1.08 bits per heavy atom. The van der Waals surface area contributed by atoms with E-state index < -0.39 is 0 Å². The van der Waals surface area contributed by atoms with E-state index in [1.165, 1.54) is 96.3 Å². The van der Waals surface area contributed by atoms with Gasteiger partial charge in [-0.3, -0.25) is 0 Å². The van der Waals surface area contributed by atoms with Crippen molar-refractivity contribution in [3.63, 3.8) is 0 Å². The van der Waals surface area contributed by atoms with Crippen LogP contribution in [0, 0.1) is 0 Å². The number of unbranched alkanes of at least 4 members (excludes halogenated alkanes) is 15. The first-order chi connectivity index (χ1) is 12.7. The molecule has 4 heteroatoms. The standard InChI is InChI=1S/C22H47N3O/c1-3-5-6-7-8-9-10-11-12-13-14-15-16-17-18-19-20-24-22(26)25-21(23)4-2/h21H,3-20,23H2,1-2H3,(H2,24,25,26). The lowest BCUT2D eigenvalue weighted by atomic mass is 10.0. The van der Waals surface area contributed by atoms with Crippen LogP contribution in [-0.2, 0) is 0 Å². The number of nitrogens with one attached hydrogen (secondary N) is 2. The SMILES string of the molecule is CCCCCCCCCCCCCCCCCCNC(=O)NC(N)CC. The van der Waals surface area contributed by atoms with E-state index in [2.05, 4.69) is 17.6 Å². The number of carbonyl (C=O) groups excluding carboxylic acids is 1. The van der Waals surface area contributed by atoms with Crippen LogP contribution in [-0.4, -0.2) is 18.7 Å². The van der Waals surface area contributed by atoms with Crippen molar-refractivity contribution in [3.8, 4) is 0 Å². The van der Waals surface area contributed by atoms with Crippen molar-refractivity contribution in [2.75, 3.05) is 6.54 Å². The number of hydrogen-bond donors (Lipinski definition) is 3. The second kappa shape index (κ2) is 20.5. The van der Waals surface area contributed by atoms with Crippen LogP contribution in [0.25, 0.3) is 0 Å². The lowest BCUT2D eigenvalue weighted by Crippen LogP contribution is -2.46. The molecule has 0 aliphatic carbocycles. The molecule has 0 rings (SSSR count). The van der Waals surface area contributed by atoms with Gasteiger partial charge in [0.2, 0.25) is 0 Å². The van der Waals surface area contributed by atoms with Gasteiger partial charge in [0.15, 0.2) is 0 Å². The molecular formula is C22H47N3O. The number of urea groups is 1. The molecule has 0 saturated carbocycles. The minimum Gasteiger partial charge on any atom is -0.338 e. The molecule has 0 aliphatic heterocycles. The largest absolute Gasteiger partial charge is 0.338 e. The molecule has 156 valence electrons. The van der Waals surface area contributed by atoms with Crippen molar-refractivity contribution in [2.24, 2.45) is 5.73 Å². The van der Waals surface area contributed by atoms with Gasteiger partial charge in [-0.1, -0.05) is 110 Å². The van der Waals surface area contributed by atoms with E-state index in [4.69, 9.17) is 5.73 Å². The Morgan fingerprint density at radius 3 is 1.46 bits per heavy atom. The minimum atomic E-state index is -0.235. The maximum Gasteiger partial charge on any atom is 0.316 e. The molecule has 0 fully saturated rings. The summed E-state index contributed by atoms with van der Waals surface area (Å²) in [6.45, 7) is 4.99. The smallest absolute Gasteiger partial charge is 0.316 e. The molecule has 1 atom stereocenters. The fourth-order valence-electron chi connectivity index (χ4n) is 3.20. The predicted octanol–water partition coefficient (Wildman–Crippen LogP) is 6.24. The van der Waals surface area contributed by atoms with Gasteiger partial charge < -0.3 is 16.4 Å². The molecule has 26 heavy (non-hydrogen) atoms. The van der Waals surface area contributed by atoms with Gasteiger partial charge in [0.25, 0.3) is 0 Å². The molecule has 0 aliphatic rings. The lowest BCUT2D eigenvalue weighted by molar-refractivity contribution is 0.236. The first-order valence-corrected chi connectivity index (χ1v) is 11.5. The molecule has 2 amide bonds. The summed E-state index contributed by atoms with van der Waals surface area (Å²) in [5.74, 6) is 0. The normalized spacial score (nSPS) is 12.1. The van der Waals surface area contributed by atoms with Crippen LogP contribution in [0.15, 0.2) is 0 Å². The highest BCUT2D eigenvalue weighted by molar-refractivity contribution is 5.73. The third kappa shape index (κ3) is 19.6. The highest BCUT2D eigenvalue weighted by atomic mass is 16.2. The van der Waals surface area contributed by atoms with Gasteiger partial charge in [-0.2, -0.15) is 0 Å². The molecule has 0 aromatic heterocycles. The zero-order chi connectivity index (χ0) is 19.3. The lowest BCUT2D eigenvalue weighted by Gasteiger charge is -2.12. The van der Waals surface area contributed by atoms with E-state index in [0.29, 0.717) is 0 Å². The molecule has 0 spiro atoms. The summed E-state index contributed by atoms with van der Waals surface area (Å²) in [5, 5.41) is 5.58. The number of carbonyl (C=O) groups is 1. The Balaban J connectivity index is 3.10. The second-order valence-electron chi connectivity index (χ2n) is 7.72. The van der Waals surface area contributed by atoms with Gasteiger partial charge in [0.1, 0.15) is 0 Å². The van der Waals surface area contributed by atoms with Crippen molar-refractivity contribution in [1.29, 1.82) is 0 Å². The Kier molecular flexibility index (Phi) is 19.9. The Morgan fingerprint density at radius 1 is 0.692 bits per heavy atom. The van der Waals surface area contributed by atoms with Crippen molar-refractivity contribution < 1.29 is 4.79 Å². The van der Waals surface area contributed by atoms with Gasteiger partial charge >= 0.3 is 6.03 Å². The van der Waals surface area contributed by atoms with E-state index >= 15 is 0 Å². The fourth-order valence-corrected chi connectivity index (χ4v) is 3.20. The summed E-state index contributed by atoms with van der Waals surface area (Å²) in [6, 6.07) is -0.139. The summed E-state index contributed by atoms with van der Waals surface area (Å²) >= 11 is 0. The molecule has 0 bridgehead atoms. The monoisotopic (exact) mass is 369 g/mol. The predicted molar refractivity (Wildman–Crippen MR) is 114 cm³/mol. The van der Waals surface area contributed by atoms with Crippen LogP contribution in [0.2, 0.25) is 0 Å². The quantitative estimate of drug-likeness (QED) is 0.186. The maximum absolute atomic E-state index is 11.5. The molecule has 0 radical (unpaired) electrons. The molecule has 1 unspecified atom stereocenters. The van der Waals surface area contributed by atoms with Gasteiger partial charge in [-0.05, 0) is 12.8 Å². The van der Waals surface area contributed by atoms with Crippen molar-refractivity contribution in [2.45, 2.75) is 129 Å². The molecule has 0 aromatic carbocycles. The number of hydrogen-bond acceptors (Lipinski definition) is 2. The van der Waals surface area contributed by atoms with E-state index in [-0.39, 0.29) is 12.2 Å². The molecule has 0 heterocycles. The van der Waals surface area contributed by atoms with Gasteiger partial charge in [-0.15, -0.1) is 0 Å². The third-order valence-corrected chi connectivity index (χ3v) is 5.07. The highest BCUT2D eigenvalue weighted by Gasteiger charge is 2.03. The number of nitrogens with two attached hydrogens (primary N) is 1. The second-order valence-corrected chi connectivity index (χ2v) is 7.72. The molecule has 4 nitrogen and oxygen atoms in total. The Labute approximate surface area is 163 Å². The topological polar surface area (TPSA) is 67.2 Å². The molecular weight excluding hydrogens is 322 g/mol. The van der Waals surface area contributed by atoms with Crippen LogP contribution in [0.5, 0.6) is 0 Å². The van der Waals surface area contributed by atoms with E-state index in [9.17, 15) is 4.79 Å². The van der Waals surface area contributed by atoms with E-state index in [0.717, 1.165) is 19.4 Å². The zero-order valence-electron chi connectivity index (χ0n) is 17.8. The Hall–Kier alpha value is -0.770. The van der Waals surface area contributed by atoms with E-state index in [1.54, 1.807) is 0 Å². The number of amides is 2.